The second-order valence-corrected chi connectivity index (χ2v) is 8.48. The van der Waals surface area contributed by atoms with Crippen LogP contribution in [0.25, 0.3) is 5.70 Å². The predicted molar refractivity (Wildman–Crippen MR) is 103 cm³/mol. The van der Waals surface area contributed by atoms with Gasteiger partial charge in [0.15, 0.2) is 11.6 Å². The second-order valence-electron chi connectivity index (χ2n) is 6.13. The summed E-state index contributed by atoms with van der Waals surface area (Å²) in [5.74, 6) is -1.70. The van der Waals surface area contributed by atoms with E-state index in [9.17, 15) is 21.9 Å². The number of nitrogens with one attached hydrogen (secondary N) is 2. The zero-order valence-corrected chi connectivity index (χ0v) is 16.2. The van der Waals surface area contributed by atoms with Crippen molar-refractivity contribution in [1.29, 1.82) is 0 Å². The summed E-state index contributed by atoms with van der Waals surface area (Å²) in [7, 11) is -3.68. The van der Waals surface area contributed by atoms with Crippen LogP contribution in [0.2, 0.25) is 5.02 Å². The molecule has 0 aromatic heterocycles. The Labute approximate surface area is 165 Å². The van der Waals surface area contributed by atoms with Gasteiger partial charge in [-0.25, -0.2) is 4.39 Å². The van der Waals surface area contributed by atoms with Gasteiger partial charge in [-0.3, -0.25) is 0 Å². The quantitative estimate of drug-likeness (QED) is 0.577. The van der Waals surface area contributed by atoms with Crippen molar-refractivity contribution in [1.82, 2.24) is 5.32 Å². The summed E-state index contributed by atoms with van der Waals surface area (Å²) in [6.45, 7) is -1.53. The van der Waals surface area contributed by atoms with Gasteiger partial charge < -0.3 is 10.1 Å². The van der Waals surface area contributed by atoms with Crippen LogP contribution < -0.4 is 14.8 Å². The van der Waals surface area contributed by atoms with E-state index in [-0.39, 0.29) is 17.8 Å². The van der Waals surface area contributed by atoms with E-state index in [1.165, 1.54) is 6.92 Å². The first-order valence-electron chi connectivity index (χ1n) is 8.16. The third-order valence-electron chi connectivity index (χ3n) is 4.17. The molecule has 2 unspecified atom stereocenters. The average Bonchev–Trinajstić information content (AvgIpc) is 3.10. The van der Waals surface area contributed by atoms with Crippen molar-refractivity contribution < 1.29 is 26.7 Å². The molecule has 10 heteroatoms. The topological polar surface area (TPSA) is 70.6 Å². The third-order valence-corrected chi connectivity index (χ3v) is 6.14. The lowest BCUT2D eigenvalue weighted by molar-refractivity contribution is -0.0522. The fourth-order valence-corrected chi connectivity index (χ4v) is 4.32. The Balaban J connectivity index is 1.82. The van der Waals surface area contributed by atoms with Crippen LogP contribution in [0.5, 0.6) is 5.75 Å². The lowest BCUT2D eigenvalue weighted by atomic mass is 10.1. The van der Waals surface area contributed by atoms with Crippen molar-refractivity contribution in [3.05, 3.63) is 64.4 Å². The molecule has 150 valence electrons. The van der Waals surface area contributed by atoms with E-state index in [4.69, 9.17) is 11.6 Å². The number of anilines is 1. The molecule has 3 N–H and O–H groups in total. The maximum absolute atomic E-state index is 14.0. The Bertz CT molecular complexity index is 971. The van der Waals surface area contributed by atoms with Crippen molar-refractivity contribution in [2.24, 2.45) is 0 Å². The first-order chi connectivity index (χ1) is 13.2. The SMILES string of the molecule is Cc1cc(OC(F)F)c(F)cc1N[S+](=O)(O)C1C=C(c2ccccc2Cl)NC1. The lowest BCUT2D eigenvalue weighted by Crippen LogP contribution is -2.36. The summed E-state index contributed by atoms with van der Waals surface area (Å²) in [6.07, 6.45) is 1.58. The van der Waals surface area contributed by atoms with E-state index >= 15 is 0 Å². The van der Waals surface area contributed by atoms with Crippen LogP contribution >= 0.6 is 11.6 Å². The number of alkyl halides is 2. The normalized spacial score (nSPS) is 18.4. The number of hydrogen-bond acceptors (Lipinski definition) is 3. The molecule has 0 radical (unpaired) electrons. The molecule has 0 aliphatic carbocycles. The Morgan fingerprint density at radius 1 is 1.36 bits per heavy atom. The number of halogens is 4. The summed E-state index contributed by atoms with van der Waals surface area (Å²) in [5.41, 5.74) is 1.59. The minimum Gasteiger partial charge on any atom is -0.432 e. The summed E-state index contributed by atoms with van der Waals surface area (Å²) in [6, 6.07) is 8.93. The minimum absolute atomic E-state index is 0.00575. The molecule has 1 aliphatic heterocycles. The van der Waals surface area contributed by atoms with E-state index in [2.05, 4.69) is 14.8 Å². The summed E-state index contributed by atoms with van der Waals surface area (Å²) >= 11 is 6.15. The van der Waals surface area contributed by atoms with Crippen molar-refractivity contribution in [3.8, 4) is 5.75 Å². The highest BCUT2D eigenvalue weighted by molar-refractivity contribution is 7.99. The van der Waals surface area contributed by atoms with Crippen LogP contribution in [0.15, 0.2) is 42.5 Å². The highest BCUT2D eigenvalue weighted by atomic mass is 35.5. The molecule has 2 aromatic rings. The fourth-order valence-electron chi connectivity index (χ4n) is 2.77. The van der Waals surface area contributed by atoms with Gasteiger partial charge in [-0.2, -0.15) is 18.1 Å². The number of benzene rings is 2. The van der Waals surface area contributed by atoms with E-state index in [1.807, 2.05) is 0 Å². The third kappa shape index (κ3) is 4.43. The highest BCUT2D eigenvalue weighted by Gasteiger charge is 2.40. The molecule has 0 saturated heterocycles. The average molecular weight is 434 g/mol. The van der Waals surface area contributed by atoms with E-state index < -0.39 is 33.8 Å². The van der Waals surface area contributed by atoms with Crippen LogP contribution in [0.1, 0.15) is 11.1 Å². The van der Waals surface area contributed by atoms with Crippen molar-refractivity contribution in [2.45, 2.75) is 18.8 Å². The fraction of sp³-hybridized carbons (Fsp3) is 0.222. The first kappa shape index (κ1) is 20.5. The van der Waals surface area contributed by atoms with Crippen LogP contribution in [0, 0.1) is 12.7 Å². The minimum atomic E-state index is -3.68. The molecule has 0 fully saturated rings. The molecule has 3 rings (SSSR count). The van der Waals surface area contributed by atoms with E-state index in [0.717, 1.165) is 12.1 Å². The maximum Gasteiger partial charge on any atom is 0.387 e. The first-order valence-corrected chi connectivity index (χ1v) is 10.1. The number of rotatable bonds is 6. The number of hydrogen-bond donors (Lipinski definition) is 3. The molecule has 28 heavy (non-hydrogen) atoms. The molecule has 1 heterocycles. The van der Waals surface area contributed by atoms with Crippen LogP contribution in [-0.2, 0) is 14.6 Å². The van der Waals surface area contributed by atoms with Crippen LogP contribution in [0.4, 0.5) is 18.9 Å². The molecule has 2 aromatic carbocycles. The van der Waals surface area contributed by atoms with Crippen LogP contribution in [0.3, 0.4) is 0 Å². The van der Waals surface area contributed by atoms with E-state index in [1.54, 1.807) is 30.3 Å². The largest absolute Gasteiger partial charge is 0.432 e. The predicted octanol–water partition coefficient (Wildman–Crippen LogP) is 4.70. The summed E-state index contributed by atoms with van der Waals surface area (Å²) in [4.78, 5) is 0. The summed E-state index contributed by atoms with van der Waals surface area (Å²) < 4.78 is 68.3. The van der Waals surface area contributed by atoms with E-state index in [0.29, 0.717) is 16.3 Å². The van der Waals surface area contributed by atoms with Crippen LogP contribution in [-0.4, -0.2) is 23.0 Å². The standard InChI is InChI=1S/C18H16ClF3N2O3S/c1-10-6-17(27-18(21)22)14(20)8-15(10)24-28(25,26)11-7-16(23-9-11)12-4-2-3-5-13(12)19/h2-8,11,18,23H,9H2,1H3,(H-,24,25,26)/p+1. The van der Waals surface area contributed by atoms with Crippen molar-refractivity contribution in [3.63, 3.8) is 0 Å². The van der Waals surface area contributed by atoms with Crippen molar-refractivity contribution in [2.75, 3.05) is 11.3 Å². The highest BCUT2D eigenvalue weighted by Crippen LogP contribution is 2.31. The molecule has 0 bridgehead atoms. The maximum atomic E-state index is 14.0. The zero-order chi connectivity index (χ0) is 20.5. The molecular weight excluding hydrogens is 417 g/mol. The van der Waals surface area contributed by atoms with Gasteiger partial charge in [0.1, 0.15) is 0 Å². The number of aryl methyl sites for hydroxylation is 1. The zero-order valence-electron chi connectivity index (χ0n) is 14.6. The molecule has 1 aliphatic rings. The Hall–Kier alpha value is -2.23. The van der Waals surface area contributed by atoms with Gasteiger partial charge in [0.25, 0.3) is 0 Å². The Morgan fingerprint density at radius 3 is 2.75 bits per heavy atom. The molecule has 5 nitrogen and oxygen atoms in total. The van der Waals surface area contributed by atoms with Gasteiger partial charge in [-0.05, 0) is 34.9 Å². The van der Waals surface area contributed by atoms with Crippen molar-refractivity contribution >= 4 is 33.4 Å². The van der Waals surface area contributed by atoms with Gasteiger partial charge in [0.05, 0.1) is 12.2 Å². The molecule has 0 saturated carbocycles. The van der Waals surface area contributed by atoms with Gasteiger partial charge in [-0.15, -0.1) is 0 Å². The smallest absolute Gasteiger partial charge is 0.387 e. The lowest BCUT2D eigenvalue weighted by Gasteiger charge is -2.14. The van der Waals surface area contributed by atoms with Gasteiger partial charge in [0.2, 0.25) is 5.25 Å². The molecule has 0 spiro atoms. The van der Waals surface area contributed by atoms with Gasteiger partial charge >= 0.3 is 17.0 Å². The number of ether oxygens (including phenoxy) is 1. The second kappa shape index (κ2) is 8.02. The van der Waals surface area contributed by atoms with Gasteiger partial charge in [-0.1, -0.05) is 29.8 Å². The molecule has 0 amide bonds. The molecule has 2 atom stereocenters. The van der Waals surface area contributed by atoms with Gasteiger partial charge in [0, 0.05) is 22.3 Å². The molecular formula is C18H17ClF3N2O3S+. The monoisotopic (exact) mass is 433 g/mol. The Kier molecular flexibility index (Phi) is 5.87. The summed E-state index contributed by atoms with van der Waals surface area (Å²) in [5, 5.41) is 2.70. The Morgan fingerprint density at radius 2 is 2.07 bits per heavy atom.